The standard InChI is InChI=1S/C13H13N/c1-9(2)12-7-10(3)8-13-11(12)5-4-6-14-13/h4-8H,1H2,2-3H3. The molecule has 0 aliphatic rings. The highest BCUT2D eigenvalue weighted by Crippen LogP contribution is 2.24. The first kappa shape index (κ1) is 8.95. The quantitative estimate of drug-likeness (QED) is 0.658. The van der Waals surface area contributed by atoms with Crippen molar-refractivity contribution in [2.24, 2.45) is 0 Å². The summed E-state index contributed by atoms with van der Waals surface area (Å²) in [4.78, 5) is 4.34. The Kier molecular flexibility index (Phi) is 2.08. The number of nitrogens with zero attached hydrogens (tertiary/aromatic N) is 1. The molecule has 70 valence electrons. The van der Waals surface area contributed by atoms with E-state index in [2.05, 4.69) is 36.7 Å². The molecule has 2 rings (SSSR count). The minimum Gasteiger partial charge on any atom is -0.256 e. The SMILES string of the molecule is C=C(C)c1cc(C)cc2ncccc12. The Bertz CT molecular complexity index is 498. The van der Waals surface area contributed by atoms with Gasteiger partial charge in [0.2, 0.25) is 0 Å². The molecule has 0 unspecified atom stereocenters. The van der Waals surface area contributed by atoms with E-state index in [1.807, 2.05) is 19.2 Å². The van der Waals surface area contributed by atoms with Crippen molar-refractivity contribution in [3.05, 3.63) is 48.2 Å². The predicted molar refractivity (Wildman–Crippen MR) is 61.2 cm³/mol. The first-order chi connectivity index (χ1) is 6.68. The maximum absolute atomic E-state index is 4.34. The first-order valence-corrected chi connectivity index (χ1v) is 4.70. The molecule has 14 heavy (non-hydrogen) atoms. The van der Waals surface area contributed by atoms with Gasteiger partial charge in [0.15, 0.2) is 0 Å². The summed E-state index contributed by atoms with van der Waals surface area (Å²) in [6, 6.07) is 8.31. The Labute approximate surface area is 84.1 Å². The Morgan fingerprint density at radius 1 is 1.36 bits per heavy atom. The van der Waals surface area contributed by atoms with E-state index in [1.54, 1.807) is 0 Å². The molecule has 0 bridgehead atoms. The van der Waals surface area contributed by atoms with Crippen molar-refractivity contribution in [2.75, 3.05) is 0 Å². The number of hydrogen-bond acceptors (Lipinski definition) is 1. The van der Waals surface area contributed by atoms with Gasteiger partial charge in [-0.2, -0.15) is 0 Å². The van der Waals surface area contributed by atoms with Crippen LogP contribution in [0.5, 0.6) is 0 Å². The molecular formula is C13H13N. The second-order valence-corrected chi connectivity index (χ2v) is 3.66. The molecule has 0 N–H and O–H groups in total. The van der Waals surface area contributed by atoms with Gasteiger partial charge in [0.1, 0.15) is 0 Å². The topological polar surface area (TPSA) is 12.9 Å². The summed E-state index contributed by atoms with van der Waals surface area (Å²) >= 11 is 0. The van der Waals surface area contributed by atoms with Gasteiger partial charge in [-0.15, -0.1) is 0 Å². The van der Waals surface area contributed by atoms with Crippen molar-refractivity contribution in [1.82, 2.24) is 4.98 Å². The van der Waals surface area contributed by atoms with Crippen LogP contribution in [0.25, 0.3) is 16.5 Å². The summed E-state index contributed by atoms with van der Waals surface area (Å²) < 4.78 is 0. The molecule has 1 nitrogen and oxygen atoms in total. The zero-order chi connectivity index (χ0) is 10.1. The minimum atomic E-state index is 1.05. The van der Waals surface area contributed by atoms with Gasteiger partial charge in [-0.1, -0.05) is 24.3 Å². The molecule has 0 amide bonds. The van der Waals surface area contributed by atoms with Crippen molar-refractivity contribution < 1.29 is 0 Å². The van der Waals surface area contributed by atoms with Crippen molar-refractivity contribution in [1.29, 1.82) is 0 Å². The normalized spacial score (nSPS) is 10.4. The molecule has 0 aliphatic carbocycles. The fourth-order valence-corrected chi connectivity index (χ4v) is 1.68. The number of allylic oxidation sites excluding steroid dienone is 1. The van der Waals surface area contributed by atoms with E-state index in [1.165, 1.54) is 16.5 Å². The average molecular weight is 183 g/mol. The number of hydrogen-bond donors (Lipinski definition) is 0. The smallest absolute Gasteiger partial charge is 0.0710 e. The monoisotopic (exact) mass is 183 g/mol. The van der Waals surface area contributed by atoms with Gasteiger partial charge in [0.05, 0.1) is 5.52 Å². The highest BCUT2D eigenvalue weighted by atomic mass is 14.6. The van der Waals surface area contributed by atoms with Crippen LogP contribution >= 0.6 is 0 Å². The van der Waals surface area contributed by atoms with Crippen LogP contribution in [0.3, 0.4) is 0 Å². The van der Waals surface area contributed by atoms with Gasteiger partial charge >= 0.3 is 0 Å². The Balaban J connectivity index is 2.87. The van der Waals surface area contributed by atoms with E-state index in [4.69, 9.17) is 0 Å². The molecule has 1 aromatic carbocycles. The molecule has 1 aromatic heterocycles. The van der Waals surface area contributed by atoms with Crippen LogP contribution in [-0.2, 0) is 0 Å². The van der Waals surface area contributed by atoms with Gasteiger partial charge in [-0.25, -0.2) is 0 Å². The number of pyridine rings is 1. The maximum atomic E-state index is 4.34. The third-order valence-corrected chi connectivity index (χ3v) is 2.32. The van der Waals surface area contributed by atoms with Gasteiger partial charge in [-0.3, -0.25) is 4.98 Å². The lowest BCUT2D eigenvalue weighted by Gasteiger charge is -2.06. The van der Waals surface area contributed by atoms with Crippen molar-refractivity contribution in [3.63, 3.8) is 0 Å². The van der Waals surface area contributed by atoms with E-state index < -0.39 is 0 Å². The Hall–Kier alpha value is -1.63. The van der Waals surface area contributed by atoms with Crippen LogP contribution in [0.15, 0.2) is 37.0 Å². The second-order valence-electron chi connectivity index (χ2n) is 3.66. The fourth-order valence-electron chi connectivity index (χ4n) is 1.68. The predicted octanol–water partition coefficient (Wildman–Crippen LogP) is 3.58. The van der Waals surface area contributed by atoms with Gasteiger partial charge in [0.25, 0.3) is 0 Å². The van der Waals surface area contributed by atoms with E-state index in [0.29, 0.717) is 0 Å². The van der Waals surface area contributed by atoms with E-state index in [0.717, 1.165) is 11.1 Å². The fraction of sp³-hybridized carbons (Fsp3) is 0.154. The summed E-state index contributed by atoms with van der Waals surface area (Å²) in [6.07, 6.45) is 1.82. The first-order valence-electron chi connectivity index (χ1n) is 4.70. The highest BCUT2D eigenvalue weighted by molar-refractivity contribution is 5.91. The number of aryl methyl sites for hydroxylation is 1. The summed E-state index contributed by atoms with van der Waals surface area (Å²) in [5, 5.41) is 1.19. The molecule has 1 heterocycles. The largest absolute Gasteiger partial charge is 0.256 e. The van der Waals surface area contributed by atoms with E-state index in [9.17, 15) is 0 Å². The minimum absolute atomic E-state index is 1.05. The number of rotatable bonds is 1. The lowest BCUT2D eigenvalue weighted by Crippen LogP contribution is -1.86. The van der Waals surface area contributed by atoms with Crippen LogP contribution in [0.1, 0.15) is 18.1 Å². The lowest BCUT2D eigenvalue weighted by molar-refractivity contribution is 1.38. The zero-order valence-corrected chi connectivity index (χ0v) is 8.54. The Morgan fingerprint density at radius 3 is 2.86 bits per heavy atom. The van der Waals surface area contributed by atoms with Crippen LogP contribution in [0.4, 0.5) is 0 Å². The van der Waals surface area contributed by atoms with Gasteiger partial charge in [-0.05, 0) is 37.1 Å². The molecular weight excluding hydrogens is 170 g/mol. The molecule has 0 atom stereocenters. The second kappa shape index (κ2) is 3.26. The van der Waals surface area contributed by atoms with Crippen LogP contribution < -0.4 is 0 Å². The van der Waals surface area contributed by atoms with Crippen molar-refractivity contribution in [3.8, 4) is 0 Å². The maximum Gasteiger partial charge on any atom is 0.0710 e. The summed E-state index contributed by atoms with van der Waals surface area (Å²) in [5.41, 5.74) is 4.57. The third kappa shape index (κ3) is 1.41. The number of aromatic nitrogens is 1. The molecule has 0 saturated carbocycles. The Morgan fingerprint density at radius 2 is 2.14 bits per heavy atom. The molecule has 0 fully saturated rings. The summed E-state index contributed by atoms with van der Waals surface area (Å²) in [6.45, 7) is 8.10. The third-order valence-electron chi connectivity index (χ3n) is 2.32. The molecule has 0 spiro atoms. The highest BCUT2D eigenvalue weighted by Gasteiger charge is 2.02. The van der Waals surface area contributed by atoms with Gasteiger partial charge in [0, 0.05) is 11.6 Å². The molecule has 2 aromatic rings. The van der Waals surface area contributed by atoms with Crippen LogP contribution in [0.2, 0.25) is 0 Å². The molecule has 1 heteroatoms. The summed E-state index contributed by atoms with van der Waals surface area (Å²) in [5.74, 6) is 0. The molecule has 0 radical (unpaired) electrons. The summed E-state index contributed by atoms with van der Waals surface area (Å²) in [7, 11) is 0. The van der Waals surface area contributed by atoms with Crippen LogP contribution in [-0.4, -0.2) is 4.98 Å². The zero-order valence-electron chi connectivity index (χ0n) is 8.54. The van der Waals surface area contributed by atoms with E-state index >= 15 is 0 Å². The molecule has 0 aliphatic heterocycles. The van der Waals surface area contributed by atoms with E-state index in [-0.39, 0.29) is 0 Å². The lowest BCUT2D eigenvalue weighted by atomic mass is 10.0. The van der Waals surface area contributed by atoms with Crippen LogP contribution in [0, 0.1) is 6.92 Å². The van der Waals surface area contributed by atoms with Crippen molar-refractivity contribution >= 4 is 16.5 Å². The van der Waals surface area contributed by atoms with Crippen molar-refractivity contribution in [2.45, 2.75) is 13.8 Å². The van der Waals surface area contributed by atoms with Gasteiger partial charge < -0.3 is 0 Å². The number of benzene rings is 1. The average Bonchev–Trinajstić information content (AvgIpc) is 2.16. The number of fused-ring (bicyclic) bond motifs is 1. The molecule has 0 saturated heterocycles.